The highest BCUT2D eigenvalue weighted by Crippen LogP contribution is 2.18. The van der Waals surface area contributed by atoms with Crippen molar-refractivity contribution in [1.29, 1.82) is 0 Å². The molecule has 142 valence electrons. The number of amides is 1. The maximum atomic E-state index is 12.6. The smallest absolute Gasteiger partial charge is 0.408 e. The highest BCUT2D eigenvalue weighted by molar-refractivity contribution is 7.07. The van der Waals surface area contributed by atoms with Crippen LogP contribution in [0.1, 0.15) is 12.0 Å². The number of benzene rings is 1. The predicted octanol–water partition coefficient (Wildman–Crippen LogP) is 1.63. The second kappa shape index (κ2) is 7.88. The summed E-state index contributed by atoms with van der Waals surface area (Å²) in [5.74, 6) is -0.370. The van der Waals surface area contributed by atoms with Crippen molar-refractivity contribution in [3.8, 4) is 0 Å². The number of hydrogen-bond donors (Lipinski definition) is 1. The molecular formula is C19H21ClN3O3S+. The zero-order chi connectivity index (χ0) is 18.8. The Bertz CT molecular complexity index is 987. The van der Waals surface area contributed by atoms with E-state index in [0.29, 0.717) is 22.7 Å². The van der Waals surface area contributed by atoms with Gasteiger partial charge >= 0.3 is 5.76 Å². The second-order valence-corrected chi connectivity index (χ2v) is 8.04. The molecule has 0 aliphatic carbocycles. The molecule has 1 aliphatic rings. The Kier molecular flexibility index (Phi) is 5.33. The number of piperazine rings is 1. The van der Waals surface area contributed by atoms with E-state index in [-0.39, 0.29) is 12.3 Å². The number of carbonyl (C=O) groups excluding carboxylic acids is 1. The van der Waals surface area contributed by atoms with Crippen LogP contribution in [0.25, 0.3) is 11.1 Å². The lowest BCUT2D eigenvalue weighted by atomic mass is 10.2. The highest BCUT2D eigenvalue weighted by Gasteiger charge is 2.24. The minimum atomic E-state index is -0.454. The predicted molar refractivity (Wildman–Crippen MR) is 105 cm³/mol. The van der Waals surface area contributed by atoms with E-state index in [9.17, 15) is 9.59 Å². The van der Waals surface area contributed by atoms with Gasteiger partial charge in [0.15, 0.2) is 5.58 Å². The van der Waals surface area contributed by atoms with Gasteiger partial charge in [-0.25, -0.2) is 4.79 Å². The summed E-state index contributed by atoms with van der Waals surface area (Å²) in [6, 6.07) is 7.24. The fourth-order valence-electron chi connectivity index (χ4n) is 3.55. The summed E-state index contributed by atoms with van der Waals surface area (Å²) in [6.07, 6.45) is 0.289. The molecule has 0 radical (unpaired) electrons. The van der Waals surface area contributed by atoms with E-state index >= 15 is 0 Å². The average Bonchev–Trinajstić information content (AvgIpc) is 3.27. The lowest BCUT2D eigenvalue weighted by molar-refractivity contribution is -0.917. The second-order valence-electron chi connectivity index (χ2n) is 6.82. The molecule has 0 spiro atoms. The molecule has 1 aliphatic heterocycles. The van der Waals surface area contributed by atoms with Crippen molar-refractivity contribution in [1.82, 2.24) is 9.47 Å². The van der Waals surface area contributed by atoms with Crippen molar-refractivity contribution in [2.45, 2.75) is 19.5 Å². The van der Waals surface area contributed by atoms with Crippen molar-refractivity contribution >= 4 is 39.9 Å². The van der Waals surface area contributed by atoms with Gasteiger partial charge in [0.25, 0.3) is 0 Å². The maximum Gasteiger partial charge on any atom is 0.419 e. The first-order valence-electron chi connectivity index (χ1n) is 9.01. The Morgan fingerprint density at radius 2 is 2.07 bits per heavy atom. The third kappa shape index (κ3) is 4.10. The van der Waals surface area contributed by atoms with Crippen LogP contribution in [0.4, 0.5) is 0 Å². The first-order chi connectivity index (χ1) is 13.1. The van der Waals surface area contributed by atoms with Crippen molar-refractivity contribution in [2.75, 3.05) is 26.2 Å². The van der Waals surface area contributed by atoms with Gasteiger partial charge < -0.3 is 14.2 Å². The van der Waals surface area contributed by atoms with E-state index in [4.69, 9.17) is 16.0 Å². The number of thiophene rings is 1. The van der Waals surface area contributed by atoms with E-state index < -0.39 is 5.76 Å². The summed E-state index contributed by atoms with van der Waals surface area (Å²) in [5.41, 5.74) is 2.48. The molecule has 2 aromatic heterocycles. The number of oxazole rings is 1. The quantitative estimate of drug-likeness (QED) is 0.700. The average molecular weight is 407 g/mol. The van der Waals surface area contributed by atoms with Gasteiger partial charge in [-0.05, 0) is 29.0 Å². The molecule has 0 bridgehead atoms. The standard InChI is InChI=1S/C19H20ClN3O3S/c20-15-1-2-16-17(11-15)26-19(25)23(16)5-3-18(24)22-8-6-21(7-9-22)12-14-4-10-27-13-14/h1-2,4,10-11,13H,3,5-9,12H2/p+1. The summed E-state index contributed by atoms with van der Waals surface area (Å²) in [4.78, 5) is 28.0. The minimum absolute atomic E-state index is 0.0831. The number of nitrogens with zero attached hydrogens (tertiary/aromatic N) is 2. The van der Waals surface area contributed by atoms with Gasteiger partial charge in [-0.1, -0.05) is 11.6 Å². The fourth-order valence-corrected chi connectivity index (χ4v) is 4.38. The molecule has 1 saturated heterocycles. The first kappa shape index (κ1) is 18.3. The Morgan fingerprint density at radius 3 is 2.81 bits per heavy atom. The monoisotopic (exact) mass is 406 g/mol. The minimum Gasteiger partial charge on any atom is -0.408 e. The highest BCUT2D eigenvalue weighted by atomic mass is 35.5. The molecule has 4 rings (SSSR count). The van der Waals surface area contributed by atoms with Gasteiger partial charge in [-0.3, -0.25) is 9.36 Å². The maximum absolute atomic E-state index is 12.6. The van der Waals surface area contributed by atoms with Crippen LogP contribution < -0.4 is 10.7 Å². The number of nitrogens with one attached hydrogen (secondary N) is 1. The summed E-state index contributed by atoms with van der Waals surface area (Å²) >= 11 is 7.65. The zero-order valence-electron chi connectivity index (χ0n) is 14.8. The van der Waals surface area contributed by atoms with Crippen LogP contribution in [0.3, 0.4) is 0 Å². The fraction of sp³-hybridized carbons (Fsp3) is 0.368. The summed E-state index contributed by atoms with van der Waals surface area (Å²) in [7, 11) is 0. The molecule has 8 heteroatoms. The van der Waals surface area contributed by atoms with Crippen LogP contribution in [0, 0.1) is 0 Å². The molecule has 1 fully saturated rings. The van der Waals surface area contributed by atoms with Gasteiger partial charge in [0.2, 0.25) is 5.91 Å². The third-order valence-corrected chi connectivity index (χ3v) is 6.00. The van der Waals surface area contributed by atoms with Gasteiger partial charge in [0.05, 0.1) is 31.7 Å². The molecule has 6 nitrogen and oxygen atoms in total. The number of carbonyl (C=O) groups is 1. The van der Waals surface area contributed by atoms with Gasteiger partial charge in [-0.15, -0.1) is 0 Å². The summed E-state index contributed by atoms with van der Waals surface area (Å²) in [6.45, 7) is 4.76. The Balaban J connectivity index is 1.33. The zero-order valence-corrected chi connectivity index (χ0v) is 16.4. The molecule has 3 heterocycles. The van der Waals surface area contributed by atoms with Crippen molar-refractivity contribution < 1.29 is 14.1 Å². The third-order valence-electron chi connectivity index (χ3n) is 5.04. The van der Waals surface area contributed by atoms with E-state index in [1.807, 2.05) is 4.90 Å². The molecule has 0 saturated carbocycles. The SMILES string of the molecule is O=C(CCn1c(=O)oc2cc(Cl)ccc21)N1CC[NH+](Cc2ccsc2)CC1. The van der Waals surface area contributed by atoms with Crippen LogP contribution >= 0.6 is 22.9 Å². The van der Waals surface area contributed by atoms with E-state index in [2.05, 4.69) is 16.8 Å². The molecule has 1 aromatic carbocycles. The van der Waals surface area contributed by atoms with Gasteiger partial charge in [-0.2, -0.15) is 11.3 Å². The van der Waals surface area contributed by atoms with Crippen LogP contribution in [-0.2, 0) is 17.9 Å². The number of rotatable bonds is 5. The molecule has 3 aromatic rings. The first-order valence-corrected chi connectivity index (χ1v) is 10.3. The number of hydrogen-bond acceptors (Lipinski definition) is 4. The van der Waals surface area contributed by atoms with E-state index in [0.717, 1.165) is 32.7 Å². The van der Waals surface area contributed by atoms with Gasteiger partial charge in [0, 0.05) is 29.6 Å². The van der Waals surface area contributed by atoms with Crippen LogP contribution in [0.5, 0.6) is 0 Å². The Labute approximate surface area is 165 Å². The summed E-state index contributed by atoms with van der Waals surface area (Å²) in [5, 5.41) is 4.80. The topological polar surface area (TPSA) is 59.9 Å². The Hall–Kier alpha value is -2.09. The molecule has 27 heavy (non-hydrogen) atoms. The normalized spacial score (nSPS) is 15.5. The number of quaternary nitrogens is 1. The lowest BCUT2D eigenvalue weighted by Gasteiger charge is -2.32. The number of halogens is 1. The van der Waals surface area contributed by atoms with Crippen molar-refractivity contribution in [3.05, 3.63) is 56.2 Å². The molecule has 0 atom stereocenters. The lowest BCUT2D eigenvalue weighted by Crippen LogP contribution is -3.13. The summed E-state index contributed by atoms with van der Waals surface area (Å²) < 4.78 is 6.72. The molecule has 0 unspecified atom stereocenters. The van der Waals surface area contributed by atoms with Crippen LogP contribution in [0.15, 0.2) is 44.2 Å². The Morgan fingerprint density at radius 1 is 1.26 bits per heavy atom. The van der Waals surface area contributed by atoms with Crippen LogP contribution in [-0.4, -0.2) is 41.6 Å². The number of aryl methyl sites for hydroxylation is 1. The van der Waals surface area contributed by atoms with Crippen LogP contribution in [0.2, 0.25) is 5.02 Å². The molecule has 1 amide bonds. The van der Waals surface area contributed by atoms with Crippen molar-refractivity contribution in [2.24, 2.45) is 0 Å². The molecule has 1 N–H and O–H groups in total. The molecular weight excluding hydrogens is 386 g/mol. The van der Waals surface area contributed by atoms with Crippen molar-refractivity contribution in [3.63, 3.8) is 0 Å². The van der Waals surface area contributed by atoms with E-state index in [1.165, 1.54) is 15.0 Å². The number of fused-ring (bicyclic) bond motifs is 1. The van der Waals surface area contributed by atoms with E-state index in [1.54, 1.807) is 29.5 Å². The largest absolute Gasteiger partial charge is 0.419 e. The number of aromatic nitrogens is 1. The van der Waals surface area contributed by atoms with Gasteiger partial charge in [0.1, 0.15) is 6.54 Å².